The summed E-state index contributed by atoms with van der Waals surface area (Å²) >= 11 is 0. The third-order valence-corrected chi connectivity index (χ3v) is 4.83. The average Bonchev–Trinajstić information content (AvgIpc) is 2.77. The molecule has 0 fully saturated rings. The first-order valence-electron chi connectivity index (χ1n) is 9.42. The van der Waals surface area contributed by atoms with Crippen molar-refractivity contribution < 1.29 is 4.79 Å². The SMILES string of the molecule is CCC(NC(=O)c1cc(-c2ccccc2)nc2ccccc12)c1cccnc1. The molecule has 4 heteroatoms. The molecule has 4 rings (SSSR count). The van der Waals surface area contributed by atoms with E-state index in [1.165, 1.54) is 0 Å². The van der Waals surface area contributed by atoms with Crippen LogP contribution in [0.15, 0.2) is 85.2 Å². The van der Waals surface area contributed by atoms with Gasteiger partial charge in [0.1, 0.15) is 0 Å². The predicted octanol–water partition coefficient (Wildman–Crippen LogP) is 5.18. The Morgan fingerprint density at radius 3 is 2.54 bits per heavy atom. The predicted molar refractivity (Wildman–Crippen MR) is 112 cm³/mol. The van der Waals surface area contributed by atoms with Crippen molar-refractivity contribution in [2.24, 2.45) is 0 Å². The molecule has 28 heavy (non-hydrogen) atoms. The number of hydrogen-bond donors (Lipinski definition) is 1. The molecule has 4 nitrogen and oxygen atoms in total. The van der Waals surface area contributed by atoms with Crippen molar-refractivity contribution in [1.29, 1.82) is 0 Å². The molecule has 2 heterocycles. The van der Waals surface area contributed by atoms with Gasteiger partial charge in [0.2, 0.25) is 0 Å². The third-order valence-electron chi connectivity index (χ3n) is 4.83. The minimum atomic E-state index is -0.105. The normalized spacial score (nSPS) is 11.9. The van der Waals surface area contributed by atoms with E-state index in [2.05, 4.69) is 17.2 Å². The molecular formula is C24H21N3O. The Bertz CT molecular complexity index is 1090. The molecule has 1 N–H and O–H groups in total. The number of pyridine rings is 2. The number of para-hydroxylation sites is 1. The van der Waals surface area contributed by atoms with E-state index < -0.39 is 0 Å². The number of nitrogens with one attached hydrogen (secondary N) is 1. The average molecular weight is 367 g/mol. The van der Waals surface area contributed by atoms with Crippen LogP contribution < -0.4 is 5.32 Å². The second-order valence-electron chi connectivity index (χ2n) is 6.66. The van der Waals surface area contributed by atoms with Crippen LogP contribution in [0.25, 0.3) is 22.2 Å². The van der Waals surface area contributed by atoms with Crippen molar-refractivity contribution >= 4 is 16.8 Å². The van der Waals surface area contributed by atoms with E-state index in [1.54, 1.807) is 12.4 Å². The summed E-state index contributed by atoms with van der Waals surface area (Å²) in [5.41, 5.74) is 4.22. The lowest BCUT2D eigenvalue weighted by Crippen LogP contribution is -2.28. The molecule has 0 aliphatic heterocycles. The van der Waals surface area contributed by atoms with Crippen molar-refractivity contribution in [3.63, 3.8) is 0 Å². The van der Waals surface area contributed by atoms with E-state index in [-0.39, 0.29) is 11.9 Å². The molecular weight excluding hydrogens is 346 g/mol. The van der Waals surface area contributed by atoms with E-state index in [9.17, 15) is 4.79 Å². The minimum absolute atomic E-state index is 0.0895. The highest BCUT2D eigenvalue weighted by Gasteiger charge is 2.18. The number of benzene rings is 2. The zero-order valence-corrected chi connectivity index (χ0v) is 15.7. The standard InChI is InChI=1S/C24H21N3O/c1-2-21(18-11-8-14-25-16-18)27-24(28)20-15-23(17-9-4-3-5-10-17)26-22-13-7-6-12-19(20)22/h3-16,21H,2H2,1H3,(H,27,28). The number of rotatable bonds is 5. The summed E-state index contributed by atoms with van der Waals surface area (Å²) in [4.78, 5) is 22.2. The van der Waals surface area contributed by atoms with E-state index >= 15 is 0 Å². The van der Waals surface area contributed by atoms with Gasteiger partial charge in [-0.05, 0) is 30.2 Å². The Balaban J connectivity index is 1.75. The van der Waals surface area contributed by atoms with Crippen molar-refractivity contribution in [2.75, 3.05) is 0 Å². The van der Waals surface area contributed by atoms with Crippen LogP contribution in [-0.2, 0) is 0 Å². The van der Waals surface area contributed by atoms with Gasteiger partial charge in [0.05, 0.1) is 22.8 Å². The monoisotopic (exact) mass is 367 g/mol. The molecule has 0 saturated carbocycles. The molecule has 1 atom stereocenters. The summed E-state index contributed by atoms with van der Waals surface area (Å²) in [6.07, 6.45) is 4.32. The van der Waals surface area contributed by atoms with Gasteiger partial charge in [-0.3, -0.25) is 9.78 Å². The zero-order chi connectivity index (χ0) is 19.3. The fraction of sp³-hybridized carbons (Fsp3) is 0.125. The largest absolute Gasteiger partial charge is 0.345 e. The molecule has 1 unspecified atom stereocenters. The molecule has 1 amide bonds. The summed E-state index contributed by atoms with van der Waals surface area (Å²) in [6, 6.07) is 23.3. The fourth-order valence-corrected chi connectivity index (χ4v) is 3.36. The summed E-state index contributed by atoms with van der Waals surface area (Å²) in [7, 11) is 0. The van der Waals surface area contributed by atoms with E-state index in [1.807, 2.05) is 72.8 Å². The van der Waals surface area contributed by atoms with Gasteiger partial charge in [0, 0.05) is 23.3 Å². The second kappa shape index (κ2) is 8.01. The van der Waals surface area contributed by atoms with Gasteiger partial charge >= 0.3 is 0 Å². The maximum Gasteiger partial charge on any atom is 0.252 e. The molecule has 0 aliphatic carbocycles. The van der Waals surface area contributed by atoms with Gasteiger partial charge in [0.25, 0.3) is 5.91 Å². The van der Waals surface area contributed by atoms with Crippen LogP contribution in [0.2, 0.25) is 0 Å². The Kier molecular flexibility index (Phi) is 5.11. The lowest BCUT2D eigenvalue weighted by Gasteiger charge is -2.18. The van der Waals surface area contributed by atoms with Gasteiger partial charge in [-0.25, -0.2) is 4.98 Å². The van der Waals surface area contributed by atoms with Crippen LogP contribution in [0.4, 0.5) is 0 Å². The van der Waals surface area contributed by atoms with Crippen molar-refractivity contribution in [2.45, 2.75) is 19.4 Å². The van der Waals surface area contributed by atoms with Gasteiger partial charge in [0.15, 0.2) is 0 Å². The first-order valence-corrected chi connectivity index (χ1v) is 9.42. The van der Waals surface area contributed by atoms with Crippen LogP contribution in [0.5, 0.6) is 0 Å². The van der Waals surface area contributed by atoms with Gasteiger partial charge in [-0.15, -0.1) is 0 Å². The van der Waals surface area contributed by atoms with Gasteiger partial charge in [-0.2, -0.15) is 0 Å². The van der Waals surface area contributed by atoms with Crippen molar-refractivity contribution in [3.8, 4) is 11.3 Å². The Morgan fingerprint density at radius 1 is 1.00 bits per heavy atom. The number of amides is 1. The number of nitrogens with zero attached hydrogens (tertiary/aromatic N) is 2. The quantitative estimate of drug-likeness (QED) is 0.529. The number of carbonyl (C=O) groups excluding carboxylic acids is 1. The summed E-state index contributed by atoms with van der Waals surface area (Å²) in [5, 5.41) is 4.01. The summed E-state index contributed by atoms with van der Waals surface area (Å²) in [6.45, 7) is 2.05. The molecule has 0 saturated heterocycles. The Morgan fingerprint density at radius 2 is 1.79 bits per heavy atom. The summed E-state index contributed by atoms with van der Waals surface area (Å²) in [5.74, 6) is -0.105. The Labute approximate surface area is 164 Å². The molecule has 0 aliphatic rings. The highest BCUT2D eigenvalue weighted by atomic mass is 16.1. The van der Waals surface area contributed by atoms with Crippen molar-refractivity contribution in [3.05, 3.63) is 96.3 Å². The van der Waals surface area contributed by atoms with E-state index in [0.29, 0.717) is 5.56 Å². The van der Waals surface area contributed by atoms with Crippen LogP contribution in [0.1, 0.15) is 35.3 Å². The molecule has 138 valence electrons. The first-order chi connectivity index (χ1) is 13.8. The highest BCUT2D eigenvalue weighted by Crippen LogP contribution is 2.26. The third kappa shape index (κ3) is 3.62. The molecule has 2 aromatic carbocycles. The fourth-order valence-electron chi connectivity index (χ4n) is 3.36. The van der Waals surface area contributed by atoms with Crippen LogP contribution in [0, 0.1) is 0 Å². The lowest BCUT2D eigenvalue weighted by molar-refractivity contribution is 0.0937. The highest BCUT2D eigenvalue weighted by molar-refractivity contribution is 6.07. The smallest absolute Gasteiger partial charge is 0.252 e. The molecule has 0 radical (unpaired) electrons. The van der Waals surface area contributed by atoms with E-state index in [4.69, 9.17) is 4.98 Å². The van der Waals surface area contributed by atoms with Crippen molar-refractivity contribution in [1.82, 2.24) is 15.3 Å². The maximum absolute atomic E-state index is 13.2. The number of aromatic nitrogens is 2. The van der Waals surface area contributed by atoms with E-state index in [0.717, 1.165) is 34.1 Å². The zero-order valence-electron chi connectivity index (χ0n) is 15.7. The second-order valence-corrected chi connectivity index (χ2v) is 6.66. The number of hydrogen-bond acceptors (Lipinski definition) is 3. The minimum Gasteiger partial charge on any atom is -0.345 e. The first kappa shape index (κ1) is 17.9. The van der Waals surface area contributed by atoms with Gasteiger partial charge in [-0.1, -0.05) is 61.5 Å². The molecule has 0 spiro atoms. The van der Waals surface area contributed by atoms with Crippen LogP contribution in [0.3, 0.4) is 0 Å². The molecule has 2 aromatic heterocycles. The number of fused-ring (bicyclic) bond motifs is 1. The lowest BCUT2D eigenvalue weighted by atomic mass is 10.0. The Hall–Kier alpha value is -3.53. The topological polar surface area (TPSA) is 54.9 Å². The van der Waals surface area contributed by atoms with Gasteiger partial charge < -0.3 is 5.32 Å². The summed E-state index contributed by atoms with van der Waals surface area (Å²) < 4.78 is 0. The number of carbonyl (C=O) groups is 1. The molecule has 4 aromatic rings. The van der Waals surface area contributed by atoms with Crippen LogP contribution in [-0.4, -0.2) is 15.9 Å². The maximum atomic E-state index is 13.2. The molecule has 0 bridgehead atoms. The van der Waals surface area contributed by atoms with Crippen LogP contribution >= 0.6 is 0 Å².